The maximum absolute atomic E-state index is 12.1. The van der Waals surface area contributed by atoms with Crippen LogP contribution in [-0.4, -0.2) is 30.3 Å². The molecule has 98 valence electrons. The molecule has 1 aromatic rings. The third-order valence-electron chi connectivity index (χ3n) is 3.66. The predicted octanol–water partition coefficient (Wildman–Crippen LogP) is 2.57. The van der Waals surface area contributed by atoms with E-state index in [2.05, 4.69) is 11.8 Å². The summed E-state index contributed by atoms with van der Waals surface area (Å²) < 4.78 is 0. The number of anilines is 1. The number of carbonyl (C=O) groups is 1. The summed E-state index contributed by atoms with van der Waals surface area (Å²) in [4.78, 5) is 14.5. The summed E-state index contributed by atoms with van der Waals surface area (Å²) in [6.45, 7) is 5.39. The number of nitrogens with zero attached hydrogens (tertiary/aromatic N) is 1. The van der Waals surface area contributed by atoms with Gasteiger partial charge in [0.15, 0.2) is 5.78 Å². The summed E-state index contributed by atoms with van der Waals surface area (Å²) in [5, 5.41) is 0. The predicted molar refractivity (Wildman–Crippen MR) is 74.6 cm³/mol. The summed E-state index contributed by atoms with van der Waals surface area (Å²) in [5.41, 5.74) is 7.08. The summed E-state index contributed by atoms with van der Waals surface area (Å²) in [7, 11) is 0. The molecule has 0 amide bonds. The van der Waals surface area contributed by atoms with Crippen LogP contribution in [-0.2, 0) is 0 Å². The minimum atomic E-state index is 0.159. The van der Waals surface area contributed by atoms with Crippen molar-refractivity contribution < 1.29 is 4.79 Å². The van der Waals surface area contributed by atoms with Crippen molar-refractivity contribution in [3.63, 3.8) is 0 Å². The zero-order valence-corrected chi connectivity index (χ0v) is 11.1. The van der Waals surface area contributed by atoms with Crippen molar-refractivity contribution in [3.05, 3.63) is 29.8 Å². The van der Waals surface area contributed by atoms with E-state index in [1.165, 1.54) is 12.8 Å². The molecule has 0 radical (unpaired) electrons. The Bertz CT molecular complexity index is 417. The number of hydrogen-bond donors (Lipinski definition) is 1. The zero-order valence-electron chi connectivity index (χ0n) is 11.1. The van der Waals surface area contributed by atoms with E-state index in [9.17, 15) is 4.79 Å². The number of nitrogen functional groups attached to an aromatic ring is 1. The van der Waals surface area contributed by atoms with Gasteiger partial charge in [-0.3, -0.25) is 4.79 Å². The Morgan fingerprint density at radius 3 is 2.94 bits per heavy atom. The normalized spacial score (nSPS) is 20.8. The van der Waals surface area contributed by atoms with Gasteiger partial charge in [0.25, 0.3) is 0 Å². The van der Waals surface area contributed by atoms with Crippen molar-refractivity contribution in [1.82, 2.24) is 4.90 Å². The summed E-state index contributed by atoms with van der Waals surface area (Å²) >= 11 is 0. The fourth-order valence-electron chi connectivity index (χ4n) is 2.64. The summed E-state index contributed by atoms with van der Waals surface area (Å²) in [5.74, 6) is 0.918. The van der Waals surface area contributed by atoms with Gasteiger partial charge in [0.1, 0.15) is 0 Å². The molecule has 0 saturated carbocycles. The smallest absolute Gasteiger partial charge is 0.166 e. The first-order chi connectivity index (χ1) is 8.66. The van der Waals surface area contributed by atoms with E-state index in [0.717, 1.165) is 25.6 Å². The van der Waals surface area contributed by atoms with Gasteiger partial charge < -0.3 is 10.6 Å². The molecule has 3 heteroatoms. The van der Waals surface area contributed by atoms with E-state index < -0.39 is 0 Å². The van der Waals surface area contributed by atoms with E-state index in [4.69, 9.17) is 5.73 Å². The number of para-hydroxylation sites is 1. The number of nitrogens with two attached hydrogens (primary N) is 1. The number of likely N-dealkylation sites (tertiary alicyclic amines) is 1. The molecule has 18 heavy (non-hydrogen) atoms. The Morgan fingerprint density at radius 2 is 2.22 bits per heavy atom. The van der Waals surface area contributed by atoms with Gasteiger partial charge in [-0.15, -0.1) is 0 Å². The summed E-state index contributed by atoms with van der Waals surface area (Å²) in [6.07, 6.45) is 3.14. The molecule has 0 aromatic heterocycles. The lowest BCUT2D eigenvalue weighted by molar-refractivity contribution is 0.0950. The topological polar surface area (TPSA) is 46.3 Å². The van der Waals surface area contributed by atoms with Gasteiger partial charge in [-0.25, -0.2) is 0 Å². The van der Waals surface area contributed by atoms with Crippen LogP contribution >= 0.6 is 0 Å². The number of Topliss-reactive ketones (excluding diaryl/α,β-unsaturated/α-hetero) is 1. The highest BCUT2D eigenvalue weighted by Crippen LogP contribution is 2.17. The molecule has 0 bridgehead atoms. The highest BCUT2D eigenvalue weighted by molar-refractivity contribution is 6.00. The zero-order chi connectivity index (χ0) is 13.0. The van der Waals surface area contributed by atoms with Crippen molar-refractivity contribution in [1.29, 1.82) is 0 Å². The Morgan fingerprint density at radius 1 is 1.44 bits per heavy atom. The van der Waals surface area contributed by atoms with Gasteiger partial charge >= 0.3 is 0 Å². The molecule has 1 aromatic carbocycles. The molecule has 1 atom stereocenters. The van der Waals surface area contributed by atoms with E-state index in [0.29, 0.717) is 17.7 Å². The van der Waals surface area contributed by atoms with Crippen LogP contribution in [0.5, 0.6) is 0 Å². The van der Waals surface area contributed by atoms with Crippen molar-refractivity contribution >= 4 is 11.5 Å². The van der Waals surface area contributed by atoms with Crippen molar-refractivity contribution in [2.24, 2.45) is 5.92 Å². The van der Waals surface area contributed by atoms with Crippen LogP contribution in [0.4, 0.5) is 5.69 Å². The number of piperidine rings is 1. The van der Waals surface area contributed by atoms with E-state index >= 15 is 0 Å². The molecule has 0 spiro atoms. The average molecular weight is 246 g/mol. The van der Waals surface area contributed by atoms with Gasteiger partial charge in [0.2, 0.25) is 0 Å². The van der Waals surface area contributed by atoms with E-state index in [1.54, 1.807) is 6.07 Å². The minimum absolute atomic E-state index is 0.159. The van der Waals surface area contributed by atoms with Crippen LogP contribution < -0.4 is 5.73 Å². The fourth-order valence-corrected chi connectivity index (χ4v) is 2.64. The lowest BCUT2D eigenvalue weighted by Crippen LogP contribution is -2.35. The van der Waals surface area contributed by atoms with Gasteiger partial charge in [-0.2, -0.15) is 0 Å². The quantitative estimate of drug-likeness (QED) is 0.656. The van der Waals surface area contributed by atoms with Crippen LogP contribution in [0.15, 0.2) is 24.3 Å². The lowest BCUT2D eigenvalue weighted by atomic mass is 9.99. The lowest BCUT2D eigenvalue weighted by Gasteiger charge is -2.30. The standard InChI is InChI=1S/C15H22N2O/c1-12-5-4-9-17(11-12)10-8-15(18)13-6-2-3-7-14(13)16/h2-3,6-7,12H,4-5,8-11,16H2,1H3. The highest BCUT2D eigenvalue weighted by atomic mass is 16.1. The van der Waals surface area contributed by atoms with Crippen molar-refractivity contribution in [2.45, 2.75) is 26.2 Å². The minimum Gasteiger partial charge on any atom is -0.398 e. The molecule has 2 N–H and O–H groups in total. The number of carbonyl (C=O) groups excluding carboxylic acids is 1. The second-order valence-electron chi connectivity index (χ2n) is 5.31. The number of benzene rings is 1. The monoisotopic (exact) mass is 246 g/mol. The number of rotatable bonds is 4. The maximum atomic E-state index is 12.1. The van der Waals surface area contributed by atoms with Gasteiger partial charge in [0.05, 0.1) is 0 Å². The first-order valence-corrected chi connectivity index (χ1v) is 6.77. The highest BCUT2D eigenvalue weighted by Gasteiger charge is 2.17. The van der Waals surface area contributed by atoms with Crippen LogP contribution in [0.3, 0.4) is 0 Å². The molecular weight excluding hydrogens is 224 g/mol. The molecule has 1 unspecified atom stereocenters. The molecule has 1 aliphatic rings. The molecule has 1 aliphatic heterocycles. The summed E-state index contributed by atoms with van der Waals surface area (Å²) in [6, 6.07) is 7.33. The third kappa shape index (κ3) is 3.33. The van der Waals surface area contributed by atoms with E-state index in [-0.39, 0.29) is 5.78 Å². The van der Waals surface area contributed by atoms with E-state index in [1.807, 2.05) is 18.2 Å². The average Bonchev–Trinajstić information content (AvgIpc) is 2.37. The van der Waals surface area contributed by atoms with Gasteiger partial charge in [-0.05, 0) is 37.4 Å². The Balaban J connectivity index is 1.87. The number of ketones is 1. The Hall–Kier alpha value is -1.35. The first-order valence-electron chi connectivity index (χ1n) is 6.77. The van der Waals surface area contributed by atoms with Gasteiger partial charge in [-0.1, -0.05) is 19.1 Å². The molecular formula is C15H22N2O. The van der Waals surface area contributed by atoms with Crippen molar-refractivity contribution in [2.75, 3.05) is 25.4 Å². The first kappa shape index (κ1) is 13.1. The van der Waals surface area contributed by atoms with Crippen LogP contribution in [0.1, 0.15) is 36.5 Å². The Labute approximate surface area is 109 Å². The van der Waals surface area contributed by atoms with Crippen LogP contribution in [0.2, 0.25) is 0 Å². The molecule has 1 fully saturated rings. The second kappa shape index (κ2) is 6.01. The molecule has 2 rings (SSSR count). The molecule has 1 saturated heterocycles. The van der Waals surface area contributed by atoms with Crippen LogP contribution in [0, 0.1) is 5.92 Å². The largest absolute Gasteiger partial charge is 0.398 e. The molecule has 1 heterocycles. The third-order valence-corrected chi connectivity index (χ3v) is 3.66. The number of hydrogen-bond acceptors (Lipinski definition) is 3. The molecule has 3 nitrogen and oxygen atoms in total. The fraction of sp³-hybridized carbons (Fsp3) is 0.533. The Kier molecular flexibility index (Phi) is 4.37. The van der Waals surface area contributed by atoms with Crippen molar-refractivity contribution in [3.8, 4) is 0 Å². The maximum Gasteiger partial charge on any atom is 0.166 e. The second-order valence-corrected chi connectivity index (χ2v) is 5.31. The SMILES string of the molecule is CC1CCCN(CCC(=O)c2ccccc2N)C1. The molecule has 0 aliphatic carbocycles. The van der Waals surface area contributed by atoms with Crippen LogP contribution in [0.25, 0.3) is 0 Å². The van der Waals surface area contributed by atoms with Gasteiger partial charge in [0, 0.05) is 30.8 Å².